The molecule has 1 fully saturated rings. The number of nitrogens with zero attached hydrogens (tertiary/aromatic N) is 2. The van der Waals surface area contributed by atoms with Crippen molar-refractivity contribution in [2.75, 3.05) is 30.9 Å². The molecule has 168 valence electrons. The first-order valence-electron chi connectivity index (χ1n) is 10.7. The highest BCUT2D eigenvalue weighted by molar-refractivity contribution is 9.10. The summed E-state index contributed by atoms with van der Waals surface area (Å²) in [6.07, 6.45) is 0.529. The maximum atomic E-state index is 5.96. The van der Waals surface area contributed by atoms with Crippen LogP contribution in [-0.4, -0.2) is 36.1 Å². The van der Waals surface area contributed by atoms with Gasteiger partial charge in [0.25, 0.3) is 0 Å². The summed E-state index contributed by atoms with van der Waals surface area (Å²) in [6.45, 7) is 1.82. The van der Waals surface area contributed by atoms with Crippen LogP contribution in [0, 0.1) is 0 Å². The van der Waals surface area contributed by atoms with Crippen LogP contribution in [0.5, 0.6) is 5.75 Å². The number of rotatable bonds is 7. The fourth-order valence-electron chi connectivity index (χ4n) is 3.74. The highest BCUT2D eigenvalue weighted by Crippen LogP contribution is 2.31. The molecule has 0 unspecified atom stereocenters. The van der Waals surface area contributed by atoms with Gasteiger partial charge in [0.15, 0.2) is 6.29 Å². The second-order valence-electron chi connectivity index (χ2n) is 7.63. The molecule has 4 aromatic rings. The quantitative estimate of drug-likeness (QED) is 0.340. The van der Waals surface area contributed by atoms with E-state index in [-0.39, 0.29) is 12.2 Å². The van der Waals surface area contributed by atoms with E-state index in [1.807, 2.05) is 54.6 Å². The van der Waals surface area contributed by atoms with E-state index in [0.29, 0.717) is 32.1 Å². The van der Waals surface area contributed by atoms with E-state index in [0.717, 1.165) is 37.9 Å². The predicted octanol–water partition coefficient (Wildman–Crippen LogP) is 5.53. The molecule has 3 aromatic carbocycles. The second kappa shape index (κ2) is 9.74. The van der Waals surface area contributed by atoms with Gasteiger partial charge in [0.1, 0.15) is 11.6 Å². The Morgan fingerprint density at radius 2 is 1.79 bits per heavy atom. The minimum absolute atomic E-state index is 0.169. The van der Waals surface area contributed by atoms with Crippen molar-refractivity contribution >= 4 is 44.3 Å². The van der Waals surface area contributed by atoms with Crippen LogP contribution >= 0.6 is 15.9 Å². The van der Waals surface area contributed by atoms with Gasteiger partial charge in [0, 0.05) is 22.0 Å². The van der Waals surface area contributed by atoms with Crippen molar-refractivity contribution in [2.24, 2.45) is 0 Å². The van der Waals surface area contributed by atoms with Gasteiger partial charge in [-0.15, -0.1) is 0 Å². The summed E-state index contributed by atoms with van der Waals surface area (Å²) in [6, 6.07) is 21.9. The number of hydrogen-bond acceptors (Lipinski definition) is 7. The standard InChI is InChI=1S/C25H23BrN4O3/c26-18-4-2-5-19(15-18)28-24-21-14-17(7-8-22(21)29-25(27)30-24)16-3-1-6-20(13-16)31-10-9-23-32-11-12-33-23/h1-8,13-15,23H,9-12H2,(H3,27,28,29,30). The Labute approximate surface area is 200 Å². The van der Waals surface area contributed by atoms with Gasteiger partial charge in [0.2, 0.25) is 5.95 Å². The zero-order valence-electron chi connectivity index (χ0n) is 17.8. The summed E-state index contributed by atoms with van der Waals surface area (Å²) in [7, 11) is 0. The van der Waals surface area contributed by atoms with Crippen LogP contribution < -0.4 is 15.8 Å². The number of ether oxygens (including phenoxy) is 3. The molecule has 8 heteroatoms. The average molecular weight is 507 g/mol. The van der Waals surface area contributed by atoms with Crippen molar-refractivity contribution in [3.63, 3.8) is 0 Å². The number of anilines is 3. The van der Waals surface area contributed by atoms with Crippen molar-refractivity contribution in [1.82, 2.24) is 9.97 Å². The molecular formula is C25H23BrN4O3. The SMILES string of the molecule is Nc1nc(Nc2cccc(Br)c2)c2cc(-c3cccc(OCCC4OCCO4)c3)ccc2n1. The van der Waals surface area contributed by atoms with E-state index < -0.39 is 0 Å². The lowest BCUT2D eigenvalue weighted by molar-refractivity contribution is -0.0531. The van der Waals surface area contributed by atoms with E-state index in [1.54, 1.807) is 0 Å². The Kier molecular flexibility index (Phi) is 6.39. The highest BCUT2D eigenvalue weighted by Gasteiger charge is 2.15. The zero-order valence-corrected chi connectivity index (χ0v) is 19.4. The van der Waals surface area contributed by atoms with Crippen LogP contribution in [0.2, 0.25) is 0 Å². The van der Waals surface area contributed by atoms with Crippen LogP contribution in [0.1, 0.15) is 6.42 Å². The van der Waals surface area contributed by atoms with Crippen molar-refractivity contribution in [3.05, 3.63) is 71.2 Å². The van der Waals surface area contributed by atoms with E-state index in [9.17, 15) is 0 Å². The first-order valence-corrected chi connectivity index (χ1v) is 11.5. The van der Waals surface area contributed by atoms with Gasteiger partial charge in [-0.1, -0.05) is 40.2 Å². The van der Waals surface area contributed by atoms with Crippen molar-refractivity contribution < 1.29 is 14.2 Å². The van der Waals surface area contributed by atoms with Crippen molar-refractivity contribution in [3.8, 4) is 16.9 Å². The third kappa shape index (κ3) is 5.24. The molecule has 1 aromatic heterocycles. The molecule has 1 saturated heterocycles. The van der Waals surface area contributed by atoms with Crippen LogP contribution in [0.3, 0.4) is 0 Å². The lowest BCUT2D eigenvalue weighted by Gasteiger charge is -2.13. The summed E-state index contributed by atoms with van der Waals surface area (Å²) in [4.78, 5) is 8.84. The normalized spacial score (nSPS) is 14.0. The number of aromatic nitrogens is 2. The van der Waals surface area contributed by atoms with Gasteiger partial charge in [-0.25, -0.2) is 4.98 Å². The molecule has 0 spiro atoms. The lowest BCUT2D eigenvalue weighted by atomic mass is 10.0. The lowest BCUT2D eigenvalue weighted by Crippen LogP contribution is -2.12. The summed E-state index contributed by atoms with van der Waals surface area (Å²) in [5.74, 6) is 1.67. The molecule has 0 amide bonds. The highest BCUT2D eigenvalue weighted by atomic mass is 79.9. The Balaban J connectivity index is 1.41. The Morgan fingerprint density at radius 3 is 2.64 bits per heavy atom. The third-order valence-electron chi connectivity index (χ3n) is 5.28. The molecule has 3 N–H and O–H groups in total. The molecule has 0 saturated carbocycles. The van der Waals surface area contributed by atoms with Crippen LogP contribution in [0.15, 0.2) is 71.2 Å². The zero-order chi connectivity index (χ0) is 22.6. The monoisotopic (exact) mass is 506 g/mol. The van der Waals surface area contributed by atoms with Gasteiger partial charge in [0.05, 0.1) is 25.3 Å². The maximum absolute atomic E-state index is 5.96. The van der Waals surface area contributed by atoms with Crippen molar-refractivity contribution in [1.29, 1.82) is 0 Å². The van der Waals surface area contributed by atoms with E-state index in [4.69, 9.17) is 19.9 Å². The summed E-state index contributed by atoms with van der Waals surface area (Å²) in [5.41, 5.74) is 9.70. The molecule has 0 aliphatic carbocycles. The molecule has 5 rings (SSSR count). The number of fused-ring (bicyclic) bond motifs is 1. The predicted molar refractivity (Wildman–Crippen MR) is 133 cm³/mol. The molecular weight excluding hydrogens is 484 g/mol. The van der Waals surface area contributed by atoms with E-state index in [1.165, 1.54) is 0 Å². The molecule has 0 bridgehead atoms. The smallest absolute Gasteiger partial charge is 0.222 e. The average Bonchev–Trinajstić information content (AvgIpc) is 3.33. The van der Waals surface area contributed by atoms with Gasteiger partial charge < -0.3 is 25.3 Å². The maximum Gasteiger partial charge on any atom is 0.222 e. The molecule has 0 radical (unpaired) electrons. The molecule has 7 nitrogen and oxygen atoms in total. The van der Waals surface area contributed by atoms with Gasteiger partial charge in [-0.2, -0.15) is 4.98 Å². The van der Waals surface area contributed by atoms with Gasteiger partial charge in [-0.05, 0) is 53.6 Å². The number of benzene rings is 3. The van der Waals surface area contributed by atoms with Crippen molar-refractivity contribution in [2.45, 2.75) is 12.7 Å². The summed E-state index contributed by atoms with van der Waals surface area (Å²) < 4.78 is 17.8. The first-order chi connectivity index (χ1) is 16.1. The van der Waals surface area contributed by atoms with Crippen LogP contribution in [0.25, 0.3) is 22.0 Å². The fourth-order valence-corrected chi connectivity index (χ4v) is 4.14. The molecule has 33 heavy (non-hydrogen) atoms. The molecule has 1 aliphatic rings. The third-order valence-corrected chi connectivity index (χ3v) is 5.77. The number of halogens is 1. The first kappa shape index (κ1) is 21.6. The number of hydrogen-bond donors (Lipinski definition) is 2. The fraction of sp³-hybridized carbons (Fsp3) is 0.200. The Bertz CT molecular complexity index is 1280. The van der Waals surface area contributed by atoms with Crippen LogP contribution in [-0.2, 0) is 9.47 Å². The van der Waals surface area contributed by atoms with E-state index in [2.05, 4.69) is 43.3 Å². The minimum Gasteiger partial charge on any atom is -0.493 e. The Morgan fingerprint density at radius 1 is 0.970 bits per heavy atom. The van der Waals surface area contributed by atoms with Crippen LogP contribution in [0.4, 0.5) is 17.5 Å². The molecule has 0 atom stereocenters. The van der Waals surface area contributed by atoms with Gasteiger partial charge in [-0.3, -0.25) is 0 Å². The largest absolute Gasteiger partial charge is 0.493 e. The Hall–Kier alpha value is -3.20. The minimum atomic E-state index is -0.169. The second-order valence-corrected chi connectivity index (χ2v) is 8.55. The number of nitrogens with two attached hydrogens (primary N) is 1. The summed E-state index contributed by atoms with van der Waals surface area (Å²) in [5, 5.41) is 4.24. The van der Waals surface area contributed by atoms with Gasteiger partial charge >= 0.3 is 0 Å². The van der Waals surface area contributed by atoms with E-state index >= 15 is 0 Å². The number of nitrogens with one attached hydrogen (secondary N) is 1. The molecule has 1 aliphatic heterocycles. The molecule has 2 heterocycles. The number of nitrogen functional groups attached to an aromatic ring is 1. The topological polar surface area (TPSA) is 91.5 Å². The summed E-state index contributed by atoms with van der Waals surface area (Å²) >= 11 is 3.50.